The fourth-order valence-electron chi connectivity index (χ4n) is 2.66. The smallest absolute Gasteiger partial charge is 0.406 e. The van der Waals surface area contributed by atoms with E-state index in [4.69, 9.17) is 10.00 Å². The minimum Gasteiger partial charge on any atom is -0.406 e. The highest BCUT2D eigenvalue weighted by molar-refractivity contribution is 5.66. The second-order valence-electron chi connectivity index (χ2n) is 5.46. The normalized spacial score (nSPS) is 15.9. The Bertz CT molecular complexity index is 759. The SMILES string of the molecule is N#Cc1cc(OC(F)(F)F)cc(-c2cnn(C3CCOCC3)c2)c1. The van der Waals surface area contributed by atoms with E-state index < -0.39 is 12.1 Å². The number of alkyl halides is 3. The highest BCUT2D eigenvalue weighted by atomic mass is 19.4. The highest BCUT2D eigenvalue weighted by Crippen LogP contribution is 2.30. The highest BCUT2D eigenvalue weighted by Gasteiger charge is 2.31. The zero-order valence-electron chi connectivity index (χ0n) is 12.6. The molecular formula is C16H14F3N3O2. The lowest BCUT2D eigenvalue weighted by Gasteiger charge is -2.22. The Balaban J connectivity index is 1.89. The summed E-state index contributed by atoms with van der Waals surface area (Å²) in [5.41, 5.74) is 1.17. The molecule has 5 nitrogen and oxygen atoms in total. The van der Waals surface area contributed by atoms with Crippen LogP contribution in [0, 0.1) is 11.3 Å². The maximum atomic E-state index is 12.4. The first-order chi connectivity index (χ1) is 11.4. The number of nitrogens with zero attached hydrogens (tertiary/aromatic N) is 3. The predicted molar refractivity (Wildman–Crippen MR) is 78.2 cm³/mol. The van der Waals surface area contributed by atoms with Crippen LogP contribution in [-0.4, -0.2) is 29.4 Å². The van der Waals surface area contributed by atoms with Gasteiger partial charge in [0.15, 0.2) is 0 Å². The molecule has 1 fully saturated rings. The van der Waals surface area contributed by atoms with Gasteiger partial charge in [0.05, 0.1) is 23.9 Å². The van der Waals surface area contributed by atoms with Gasteiger partial charge in [0.1, 0.15) is 5.75 Å². The zero-order chi connectivity index (χ0) is 17.2. The van der Waals surface area contributed by atoms with E-state index in [1.807, 2.05) is 6.07 Å². The van der Waals surface area contributed by atoms with Gasteiger partial charge in [0.2, 0.25) is 0 Å². The lowest BCUT2D eigenvalue weighted by molar-refractivity contribution is -0.274. The molecule has 2 heterocycles. The molecule has 0 atom stereocenters. The molecule has 0 N–H and O–H groups in total. The summed E-state index contributed by atoms with van der Waals surface area (Å²) in [5, 5.41) is 13.3. The average molecular weight is 337 g/mol. The van der Waals surface area contributed by atoms with Crippen molar-refractivity contribution in [1.29, 1.82) is 5.26 Å². The van der Waals surface area contributed by atoms with Gasteiger partial charge >= 0.3 is 6.36 Å². The Labute approximate surface area is 136 Å². The standard InChI is InChI=1S/C16H14F3N3O2/c17-16(18,19)24-15-6-11(8-20)5-12(7-15)13-9-21-22(10-13)14-1-3-23-4-2-14/h5-7,9-10,14H,1-4H2. The molecule has 1 aromatic carbocycles. The minimum absolute atomic E-state index is 0.0885. The van der Waals surface area contributed by atoms with Gasteiger partial charge in [-0.25, -0.2) is 0 Å². The summed E-state index contributed by atoms with van der Waals surface area (Å²) in [5.74, 6) is -0.421. The van der Waals surface area contributed by atoms with Gasteiger partial charge in [-0.15, -0.1) is 13.2 Å². The first-order valence-corrected chi connectivity index (χ1v) is 7.38. The lowest BCUT2D eigenvalue weighted by Crippen LogP contribution is -2.19. The van der Waals surface area contributed by atoms with Crippen molar-refractivity contribution in [1.82, 2.24) is 9.78 Å². The molecule has 0 amide bonds. The largest absolute Gasteiger partial charge is 0.573 e. The summed E-state index contributed by atoms with van der Waals surface area (Å²) in [6.45, 7) is 1.32. The van der Waals surface area contributed by atoms with Crippen molar-refractivity contribution in [2.75, 3.05) is 13.2 Å². The molecule has 0 spiro atoms. The van der Waals surface area contributed by atoms with Gasteiger partial charge in [-0.05, 0) is 36.6 Å². The first-order valence-electron chi connectivity index (χ1n) is 7.38. The van der Waals surface area contributed by atoms with E-state index in [2.05, 4.69) is 9.84 Å². The third-order valence-corrected chi connectivity index (χ3v) is 3.77. The van der Waals surface area contributed by atoms with E-state index in [-0.39, 0.29) is 11.6 Å². The van der Waals surface area contributed by atoms with Crippen molar-refractivity contribution < 1.29 is 22.6 Å². The molecule has 0 bridgehead atoms. The fourth-order valence-corrected chi connectivity index (χ4v) is 2.66. The maximum Gasteiger partial charge on any atom is 0.573 e. The van der Waals surface area contributed by atoms with Crippen LogP contribution < -0.4 is 4.74 Å². The van der Waals surface area contributed by atoms with Crippen molar-refractivity contribution >= 4 is 0 Å². The number of benzene rings is 1. The molecule has 24 heavy (non-hydrogen) atoms. The molecule has 1 aliphatic heterocycles. The van der Waals surface area contributed by atoms with Gasteiger partial charge in [-0.2, -0.15) is 10.4 Å². The Morgan fingerprint density at radius 2 is 1.96 bits per heavy atom. The Morgan fingerprint density at radius 1 is 1.21 bits per heavy atom. The van der Waals surface area contributed by atoms with Crippen LogP contribution in [0.3, 0.4) is 0 Å². The summed E-state index contributed by atoms with van der Waals surface area (Å²) in [6, 6.07) is 5.86. The molecule has 1 saturated heterocycles. The average Bonchev–Trinajstić information content (AvgIpc) is 3.04. The van der Waals surface area contributed by atoms with Crippen molar-refractivity contribution in [2.24, 2.45) is 0 Å². The predicted octanol–water partition coefficient (Wildman–Crippen LogP) is 3.67. The minimum atomic E-state index is -4.81. The van der Waals surface area contributed by atoms with E-state index in [0.717, 1.165) is 18.9 Å². The summed E-state index contributed by atoms with van der Waals surface area (Å²) < 4.78 is 48.3. The van der Waals surface area contributed by atoms with Gasteiger partial charge in [0, 0.05) is 25.0 Å². The number of hydrogen-bond acceptors (Lipinski definition) is 4. The van der Waals surface area contributed by atoms with E-state index in [9.17, 15) is 13.2 Å². The number of hydrogen-bond donors (Lipinski definition) is 0. The number of aromatic nitrogens is 2. The van der Waals surface area contributed by atoms with Crippen LogP contribution in [0.5, 0.6) is 5.75 Å². The number of nitriles is 1. The molecule has 0 saturated carbocycles. The molecule has 2 aromatic rings. The quantitative estimate of drug-likeness (QED) is 0.857. The maximum absolute atomic E-state index is 12.4. The van der Waals surface area contributed by atoms with Crippen LogP contribution in [-0.2, 0) is 4.74 Å². The summed E-state index contributed by atoms with van der Waals surface area (Å²) in [4.78, 5) is 0. The number of halogens is 3. The van der Waals surface area contributed by atoms with Gasteiger partial charge in [0.25, 0.3) is 0 Å². The molecule has 0 radical (unpaired) electrons. The van der Waals surface area contributed by atoms with Gasteiger partial charge in [-0.1, -0.05) is 0 Å². The fraction of sp³-hybridized carbons (Fsp3) is 0.375. The molecular weight excluding hydrogens is 323 g/mol. The molecule has 126 valence electrons. The molecule has 0 unspecified atom stereocenters. The van der Waals surface area contributed by atoms with Crippen LogP contribution in [0.2, 0.25) is 0 Å². The summed E-state index contributed by atoms with van der Waals surface area (Å²) >= 11 is 0. The zero-order valence-corrected chi connectivity index (χ0v) is 12.6. The Kier molecular flexibility index (Phi) is 4.44. The third-order valence-electron chi connectivity index (χ3n) is 3.77. The van der Waals surface area contributed by atoms with Crippen LogP contribution in [0.25, 0.3) is 11.1 Å². The molecule has 1 aromatic heterocycles. The molecule has 0 aliphatic carbocycles. The molecule has 3 rings (SSSR count). The molecule has 8 heteroatoms. The van der Waals surface area contributed by atoms with Crippen molar-refractivity contribution in [3.63, 3.8) is 0 Å². The van der Waals surface area contributed by atoms with Crippen LogP contribution in [0.1, 0.15) is 24.4 Å². The summed E-state index contributed by atoms with van der Waals surface area (Å²) in [6.07, 6.45) is 0.203. The van der Waals surface area contributed by atoms with Gasteiger partial charge in [-0.3, -0.25) is 4.68 Å². The van der Waals surface area contributed by atoms with Crippen molar-refractivity contribution in [2.45, 2.75) is 25.2 Å². The Morgan fingerprint density at radius 3 is 2.62 bits per heavy atom. The topological polar surface area (TPSA) is 60.1 Å². The van der Waals surface area contributed by atoms with E-state index in [0.29, 0.717) is 24.3 Å². The third kappa shape index (κ3) is 3.86. The monoisotopic (exact) mass is 337 g/mol. The van der Waals surface area contributed by atoms with E-state index >= 15 is 0 Å². The second-order valence-corrected chi connectivity index (χ2v) is 5.46. The van der Waals surface area contributed by atoms with Crippen molar-refractivity contribution in [3.05, 3.63) is 36.2 Å². The van der Waals surface area contributed by atoms with Gasteiger partial charge < -0.3 is 9.47 Å². The first kappa shape index (κ1) is 16.3. The van der Waals surface area contributed by atoms with Crippen LogP contribution in [0.4, 0.5) is 13.2 Å². The number of ether oxygens (including phenoxy) is 2. The van der Waals surface area contributed by atoms with E-state index in [1.54, 1.807) is 17.1 Å². The second kappa shape index (κ2) is 6.53. The van der Waals surface area contributed by atoms with Crippen LogP contribution >= 0.6 is 0 Å². The molecule has 1 aliphatic rings. The van der Waals surface area contributed by atoms with E-state index in [1.165, 1.54) is 12.1 Å². The van der Waals surface area contributed by atoms with Crippen molar-refractivity contribution in [3.8, 4) is 22.9 Å². The Hall–Kier alpha value is -2.53. The number of rotatable bonds is 3. The lowest BCUT2D eigenvalue weighted by atomic mass is 10.1. The van der Waals surface area contributed by atoms with Crippen LogP contribution in [0.15, 0.2) is 30.6 Å². The summed E-state index contributed by atoms with van der Waals surface area (Å²) in [7, 11) is 0.